The highest BCUT2D eigenvalue weighted by molar-refractivity contribution is 7.90. The van der Waals surface area contributed by atoms with Crippen LogP contribution in [0.2, 0.25) is 0 Å². The molecular weight excluding hydrogens is 859 g/mol. The van der Waals surface area contributed by atoms with Crippen LogP contribution in [0.5, 0.6) is 11.5 Å². The van der Waals surface area contributed by atoms with Gasteiger partial charge >= 0.3 is 5.69 Å². The number of hydrogen-bond acceptors (Lipinski definition) is 13. The Kier molecular flexibility index (Phi) is 12.7. The van der Waals surface area contributed by atoms with Crippen molar-refractivity contribution in [3.8, 4) is 17.6 Å². The van der Waals surface area contributed by atoms with Gasteiger partial charge in [-0.1, -0.05) is 57.9 Å². The first-order chi connectivity index (χ1) is 31.8. The fraction of sp³-hybridized carbons (Fsp3) is 0.469. The van der Waals surface area contributed by atoms with Gasteiger partial charge in [-0.25, -0.2) is 23.1 Å². The number of rotatable bonds is 13. The Labute approximate surface area is 385 Å². The second-order valence-corrected chi connectivity index (χ2v) is 20.7. The van der Waals surface area contributed by atoms with E-state index in [0.29, 0.717) is 53.5 Å². The Hall–Kier alpha value is -6.09. The Morgan fingerprint density at radius 2 is 1.83 bits per heavy atom. The minimum atomic E-state index is -4.64. The lowest BCUT2D eigenvalue weighted by atomic mass is 9.59. The van der Waals surface area contributed by atoms with Gasteiger partial charge in [-0.05, 0) is 91.0 Å². The number of benzene rings is 2. The first kappa shape index (κ1) is 45.1. The smallest absolute Gasteiger partial charge is 0.312 e. The lowest BCUT2D eigenvalue weighted by Gasteiger charge is -2.57. The third kappa shape index (κ3) is 9.31. The number of sulfonamides is 1. The molecule has 4 fully saturated rings. The molecule has 0 unspecified atom stereocenters. The summed E-state index contributed by atoms with van der Waals surface area (Å²) in [4.78, 5) is 41.4. The highest BCUT2D eigenvalue weighted by Crippen LogP contribution is 2.53. The molecule has 2 aromatic carbocycles. The molecular formula is C49H57N9O7S. The van der Waals surface area contributed by atoms with E-state index in [1.54, 1.807) is 24.4 Å². The van der Waals surface area contributed by atoms with E-state index in [9.17, 15) is 28.6 Å². The number of ether oxygens (including phenoxy) is 2. The number of piperidine rings is 1. The zero-order valence-electron chi connectivity index (χ0n) is 37.7. The van der Waals surface area contributed by atoms with Crippen LogP contribution in [0.1, 0.15) is 111 Å². The number of aromatic nitrogens is 3. The second-order valence-electron chi connectivity index (χ2n) is 19.1. The second kappa shape index (κ2) is 18.7. The lowest BCUT2D eigenvalue weighted by molar-refractivity contribution is -0.384. The fourth-order valence-electron chi connectivity index (χ4n) is 10.6. The van der Waals surface area contributed by atoms with Gasteiger partial charge in [-0.2, -0.15) is 5.26 Å². The zero-order valence-corrected chi connectivity index (χ0v) is 38.5. The van der Waals surface area contributed by atoms with E-state index in [4.69, 9.17) is 9.47 Å². The SMILES string of the molecule is CC(C)c1ccccc1[C@@H]1COCCN1C1CC2(CCN(c3ccc(C(=O)NS(=O)(=O)c4cnc(NC[C@H]5CC[C@@H](C)CC5)c([N+](=O)[O-])c4)c(Oc4cnc5[nH]cc(C#N)c5c4)c3)CC2)C1. The van der Waals surface area contributed by atoms with Crippen molar-refractivity contribution in [1.29, 1.82) is 5.26 Å². The Morgan fingerprint density at radius 3 is 2.58 bits per heavy atom. The molecule has 0 radical (unpaired) electrons. The molecule has 5 aromatic rings. The Bertz CT molecular complexity index is 2760. The molecule has 1 atom stereocenters. The first-order valence-corrected chi connectivity index (χ1v) is 24.6. The summed E-state index contributed by atoms with van der Waals surface area (Å²) >= 11 is 0. The van der Waals surface area contributed by atoms with Crippen LogP contribution in [0.4, 0.5) is 17.2 Å². The number of nitriles is 1. The highest BCUT2D eigenvalue weighted by atomic mass is 32.2. The van der Waals surface area contributed by atoms with Crippen molar-refractivity contribution in [2.24, 2.45) is 17.3 Å². The van der Waals surface area contributed by atoms with Crippen molar-refractivity contribution >= 4 is 44.2 Å². The van der Waals surface area contributed by atoms with Gasteiger partial charge in [0.05, 0.1) is 47.7 Å². The molecule has 3 aromatic heterocycles. The minimum Gasteiger partial charge on any atom is -0.455 e. The molecule has 2 aliphatic heterocycles. The van der Waals surface area contributed by atoms with E-state index in [1.165, 1.54) is 23.4 Å². The van der Waals surface area contributed by atoms with Gasteiger partial charge in [0.2, 0.25) is 5.82 Å². The third-order valence-electron chi connectivity index (χ3n) is 14.5. The van der Waals surface area contributed by atoms with Gasteiger partial charge in [-0.3, -0.25) is 19.8 Å². The number of nitrogens with one attached hydrogen (secondary N) is 3. The number of morpholine rings is 1. The van der Waals surface area contributed by atoms with Crippen molar-refractivity contribution in [3.05, 3.63) is 106 Å². The van der Waals surface area contributed by atoms with Crippen molar-refractivity contribution in [2.75, 3.05) is 49.6 Å². The number of fused-ring (bicyclic) bond motifs is 1. The van der Waals surface area contributed by atoms with E-state index >= 15 is 0 Å². The van der Waals surface area contributed by atoms with Gasteiger partial charge in [0, 0.05) is 61.6 Å². The van der Waals surface area contributed by atoms with Crippen molar-refractivity contribution in [1.82, 2.24) is 24.6 Å². The predicted octanol–water partition coefficient (Wildman–Crippen LogP) is 8.83. The summed E-state index contributed by atoms with van der Waals surface area (Å²) in [7, 11) is -4.64. The van der Waals surface area contributed by atoms with Crippen molar-refractivity contribution in [3.63, 3.8) is 0 Å². The standard InChI is InChI=1S/C49H57N9O7S/c1-31(2)39-6-4-5-7-40(39)44-30-64-19-18-57(44)36-23-49(24-36)14-16-56(17-15-49)35-12-13-41(45(20-35)65-37-21-42-34(25-50)27-52-46(42)53-28-37)48(59)55-66(62,63)38-22-43(58(60)61)47(54-29-38)51-26-33-10-8-32(3)9-11-33/h4-7,12-13,20-22,27-29,31-33,36,44H,8-11,14-19,23-24,26,30H2,1-3H3,(H,51,54)(H,52,53)(H,55,59)/t32-,33+,44-/m0/s1. The van der Waals surface area contributed by atoms with E-state index in [2.05, 4.69) is 85.9 Å². The average molecular weight is 916 g/mol. The quantitative estimate of drug-likeness (QED) is 0.0746. The maximum absolute atomic E-state index is 14.0. The van der Waals surface area contributed by atoms with Crippen LogP contribution in [-0.2, 0) is 14.8 Å². The number of pyridine rings is 2. The Balaban J connectivity index is 0.918. The molecule has 2 saturated heterocycles. The maximum atomic E-state index is 14.0. The van der Waals surface area contributed by atoms with E-state index in [-0.39, 0.29) is 34.3 Å². The van der Waals surface area contributed by atoms with Crippen LogP contribution in [-0.4, -0.2) is 84.5 Å². The lowest BCUT2D eigenvalue weighted by Crippen LogP contribution is -2.58. The number of carbonyl (C=O) groups excluding carboxylic acids is 1. The largest absolute Gasteiger partial charge is 0.455 e. The van der Waals surface area contributed by atoms with Gasteiger partial charge in [-0.15, -0.1) is 0 Å². The summed E-state index contributed by atoms with van der Waals surface area (Å²) in [5.74, 6) is 0.672. The first-order valence-electron chi connectivity index (χ1n) is 23.1. The van der Waals surface area contributed by atoms with Crippen LogP contribution in [0.15, 0.2) is 78.1 Å². The topological polar surface area (TPSA) is 209 Å². The van der Waals surface area contributed by atoms with E-state index < -0.39 is 31.4 Å². The van der Waals surface area contributed by atoms with Crippen molar-refractivity contribution < 1.29 is 27.6 Å². The summed E-state index contributed by atoms with van der Waals surface area (Å²) in [5.41, 5.74) is 4.02. The van der Waals surface area contributed by atoms with Crippen LogP contribution in [0.25, 0.3) is 11.0 Å². The normalized spacial score (nSPS) is 21.3. The molecule has 3 N–H and O–H groups in total. The average Bonchev–Trinajstić information content (AvgIpc) is 3.72. The molecule has 2 saturated carbocycles. The number of aromatic amines is 1. The summed E-state index contributed by atoms with van der Waals surface area (Å²) < 4.78 is 42.0. The number of nitrogens with zero attached hydrogens (tertiary/aromatic N) is 6. The molecule has 5 heterocycles. The van der Waals surface area contributed by atoms with Gasteiger partial charge < -0.3 is 24.7 Å². The minimum absolute atomic E-state index is 0.0301. The number of anilines is 2. The third-order valence-corrected chi connectivity index (χ3v) is 15.8. The van der Waals surface area contributed by atoms with Crippen LogP contribution >= 0.6 is 0 Å². The summed E-state index contributed by atoms with van der Waals surface area (Å²) in [6, 6.07) is 19.2. The molecule has 2 aliphatic carbocycles. The van der Waals surface area contributed by atoms with Gasteiger partial charge in [0.15, 0.2) is 0 Å². The van der Waals surface area contributed by atoms with Crippen LogP contribution in [0.3, 0.4) is 0 Å². The van der Waals surface area contributed by atoms with Crippen molar-refractivity contribution in [2.45, 2.75) is 95.0 Å². The zero-order chi connectivity index (χ0) is 46.2. The van der Waals surface area contributed by atoms with E-state index in [1.807, 2.05) is 0 Å². The monoisotopic (exact) mass is 915 g/mol. The number of H-pyrrole nitrogens is 1. The summed E-state index contributed by atoms with van der Waals surface area (Å²) in [5, 5.41) is 25.4. The molecule has 1 spiro atoms. The van der Waals surface area contributed by atoms with Gasteiger partial charge in [0.1, 0.15) is 28.1 Å². The highest BCUT2D eigenvalue weighted by Gasteiger charge is 2.49. The maximum Gasteiger partial charge on any atom is 0.312 e. The van der Waals surface area contributed by atoms with Crippen LogP contribution in [0, 0.1) is 38.7 Å². The molecule has 1 amide bonds. The summed E-state index contributed by atoms with van der Waals surface area (Å²) in [6.45, 7) is 11.1. The molecule has 16 nitrogen and oxygen atoms in total. The molecule has 4 aliphatic rings. The number of carbonyl (C=O) groups is 1. The molecule has 66 heavy (non-hydrogen) atoms. The summed E-state index contributed by atoms with van der Waals surface area (Å²) in [6.07, 6.45) is 12.4. The number of amides is 1. The number of hydrogen-bond donors (Lipinski definition) is 3. The van der Waals surface area contributed by atoms with Crippen LogP contribution < -0.4 is 19.7 Å². The number of nitro groups is 1. The predicted molar refractivity (Wildman–Crippen MR) is 250 cm³/mol. The van der Waals surface area contributed by atoms with E-state index in [0.717, 1.165) is 95.6 Å². The molecule has 17 heteroatoms. The molecule has 0 bridgehead atoms. The Morgan fingerprint density at radius 1 is 1.06 bits per heavy atom. The molecule has 346 valence electrons. The molecule has 9 rings (SSSR count). The fourth-order valence-corrected chi connectivity index (χ4v) is 11.5. The van der Waals surface area contributed by atoms with Gasteiger partial charge in [0.25, 0.3) is 15.9 Å².